The van der Waals surface area contributed by atoms with Crippen molar-refractivity contribution in [3.8, 4) is 22.5 Å². The van der Waals surface area contributed by atoms with Gasteiger partial charge in [0, 0.05) is 12.1 Å². The van der Waals surface area contributed by atoms with E-state index < -0.39 is 23.4 Å². The maximum atomic E-state index is 12.7. The fourth-order valence-corrected chi connectivity index (χ4v) is 4.66. The van der Waals surface area contributed by atoms with E-state index in [1.54, 1.807) is 6.92 Å². The molecule has 1 aliphatic carbocycles. The van der Waals surface area contributed by atoms with Crippen LogP contribution in [0.4, 0.5) is 0 Å². The Bertz CT molecular complexity index is 1400. The van der Waals surface area contributed by atoms with Crippen molar-refractivity contribution in [2.75, 3.05) is 6.54 Å². The fourth-order valence-electron chi connectivity index (χ4n) is 4.66. The molecule has 5 rings (SSSR count). The number of rotatable bonds is 9. The van der Waals surface area contributed by atoms with E-state index in [9.17, 15) is 19.8 Å². The van der Waals surface area contributed by atoms with E-state index in [2.05, 4.69) is 10.5 Å². The van der Waals surface area contributed by atoms with Crippen LogP contribution in [0.1, 0.15) is 41.3 Å². The maximum absolute atomic E-state index is 12.7. The van der Waals surface area contributed by atoms with E-state index in [1.807, 2.05) is 78.9 Å². The smallest absolute Gasteiger partial charge is 0.314 e. The summed E-state index contributed by atoms with van der Waals surface area (Å²) in [5.41, 5.74) is 4.61. The number of hydrogen-bond donors (Lipinski definition) is 3. The second-order valence-corrected chi connectivity index (χ2v) is 9.48. The molecule has 1 amide bonds. The molecule has 1 fully saturated rings. The first-order valence-electron chi connectivity index (χ1n) is 12.3. The molecule has 1 aliphatic rings. The average molecular weight is 497 g/mol. The highest BCUT2D eigenvalue weighted by atomic mass is 16.5. The van der Waals surface area contributed by atoms with Gasteiger partial charge >= 0.3 is 5.97 Å². The summed E-state index contributed by atoms with van der Waals surface area (Å²) in [5, 5.41) is 27.1. The number of carbonyl (C=O) groups excluding carboxylic acids is 1. The summed E-state index contributed by atoms with van der Waals surface area (Å²) in [5.74, 6) is -0.924. The van der Waals surface area contributed by atoms with Gasteiger partial charge in [0.15, 0.2) is 11.9 Å². The molecule has 3 aromatic carbocycles. The Hall–Kier alpha value is -4.23. The number of carboxylic acids is 1. The Morgan fingerprint density at radius 2 is 1.54 bits per heavy atom. The highest BCUT2D eigenvalue weighted by Crippen LogP contribution is 2.48. The van der Waals surface area contributed by atoms with Crippen molar-refractivity contribution in [1.29, 1.82) is 0 Å². The third-order valence-corrected chi connectivity index (χ3v) is 7.06. The van der Waals surface area contributed by atoms with E-state index in [-0.39, 0.29) is 0 Å². The number of aromatic nitrogens is 1. The van der Waals surface area contributed by atoms with Crippen molar-refractivity contribution in [2.45, 2.75) is 37.7 Å². The molecule has 7 heteroatoms. The van der Waals surface area contributed by atoms with Crippen LogP contribution in [0.3, 0.4) is 0 Å². The molecule has 1 unspecified atom stereocenters. The predicted octanol–water partition coefficient (Wildman–Crippen LogP) is 4.83. The number of benzene rings is 3. The largest absolute Gasteiger partial charge is 0.481 e. The van der Waals surface area contributed by atoms with Crippen LogP contribution < -0.4 is 5.32 Å². The van der Waals surface area contributed by atoms with Gasteiger partial charge in [-0.2, -0.15) is 0 Å². The van der Waals surface area contributed by atoms with Crippen LogP contribution in [0.25, 0.3) is 22.5 Å². The number of nitrogens with zero attached hydrogens (tertiary/aromatic N) is 1. The van der Waals surface area contributed by atoms with Crippen molar-refractivity contribution in [1.82, 2.24) is 10.5 Å². The minimum absolute atomic E-state index is 0.345. The molecule has 7 nitrogen and oxygen atoms in total. The van der Waals surface area contributed by atoms with Crippen LogP contribution in [0.15, 0.2) is 83.4 Å². The first-order chi connectivity index (χ1) is 17.9. The topological polar surface area (TPSA) is 113 Å². The number of aliphatic carboxylic acids is 1. The van der Waals surface area contributed by atoms with Gasteiger partial charge < -0.3 is 20.1 Å². The van der Waals surface area contributed by atoms with Gasteiger partial charge in [-0.15, -0.1) is 0 Å². The molecule has 0 radical (unpaired) electrons. The number of carboxylic acid groups (broad SMARTS) is 1. The minimum Gasteiger partial charge on any atom is -0.481 e. The summed E-state index contributed by atoms with van der Waals surface area (Å²) in [6, 6.07) is 25.0. The maximum Gasteiger partial charge on any atom is 0.314 e. The molecule has 0 aliphatic heterocycles. The fraction of sp³-hybridized carbons (Fsp3) is 0.233. The zero-order chi connectivity index (χ0) is 26.0. The molecular formula is C30H28N2O5. The molecule has 188 valence electrons. The number of nitrogens with one attached hydrogen (secondary N) is 1. The number of amides is 1. The quantitative estimate of drug-likeness (QED) is 0.306. The van der Waals surface area contributed by atoms with Crippen LogP contribution in [-0.4, -0.2) is 33.8 Å². The van der Waals surface area contributed by atoms with Gasteiger partial charge in [-0.25, -0.2) is 0 Å². The van der Waals surface area contributed by atoms with Gasteiger partial charge in [-0.05, 0) is 48.4 Å². The number of aryl methyl sites for hydroxylation is 1. The van der Waals surface area contributed by atoms with Gasteiger partial charge in [0.2, 0.25) is 0 Å². The molecule has 1 heterocycles. The van der Waals surface area contributed by atoms with Crippen molar-refractivity contribution in [3.05, 3.63) is 101 Å². The van der Waals surface area contributed by atoms with Crippen LogP contribution in [0.2, 0.25) is 0 Å². The molecule has 0 spiro atoms. The van der Waals surface area contributed by atoms with Crippen molar-refractivity contribution in [3.63, 3.8) is 0 Å². The first-order valence-corrected chi connectivity index (χ1v) is 12.3. The Morgan fingerprint density at radius 1 is 0.946 bits per heavy atom. The standard InChI is InChI=1S/C30H28N2O5/c1-19-25(26(33)28(34)31-18-15-20-5-3-2-4-6-20)27(37-32-19)23-9-7-21(8-10-23)22-11-13-24(14-12-22)30(16-17-30)29(35)36/h2-14,26,33H,15-18H2,1H3,(H,31,34)(H,35,36). The Labute approximate surface area is 214 Å². The van der Waals surface area contributed by atoms with Gasteiger partial charge in [-0.1, -0.05) is 84.0 Å². The summed E-state index contributed by atoms with van der Waals surface area (Å²) in [6.07, 6.45) is 0.598. The van der Waals surface area contributed by atoms with Crippen LogP contribution in [0, 0.1) is 6.92 Å². The molecule has 4 aromatic rings. The summed E-state index contributed by atoms with van der Waals surface area (Å²) < 4.78 is 5.51. The summed E-state index contributed by atoms with van der Waals surface area (Å²) in [4.78, 5) is 24.3. The highest BCUT2D eigenvalue weighted by Gasteiger charge is 2.51. The third kappa shape index (κ3) is 4.90. The zero-order valence-corrected chi connectivity index (χ0v) is 20.5. The molecule has 0 saturated heterocycles. The van der Waals surface area contributed by atoms with Gasteiger partial charge in [-0.3, -0.25) is 9.59 Å². The second-order valence-electron chi connectivity index (χ2n) is 9.48. The SMILES string of the molecule is Cc1noc(-c2ccc(-c3ccc(C4(C(=O)O)CC4)cc3)cc2)c1C(O)C(=O)NCCc1ccccc1. The summed E-state index contributed by atoms with van der Waals surface area (Å²) in [7, 11) is 0. The Balaban J connectivity index is 1.29. The number of aliphatic hydroxyl groups is 1. The van der Waals surface area contributed by atoms with Crippen LogP contribution in [-0.2, 0) is 21.4 Å². The lowest BCUT2D eigenvalue weighted by Gasteiger charge is -2.13. The highest BCUT2D eigenvalue weighted by molar-refractivity contribution is 5.86. The molecule has 37 heavy (non-hydrogen) atoms. The lowest BCUT2D eigenvalue weighted by Crippen LogP contribution is -2.31. The molecule has 1 aromatic heterocycles. The predicted molar refractivity (Wildman–Crippen MR) is 139 cm³/mol. The monoisotopic (exact) mass is 496 g/mol. The molecule has 0 bridgehead atoms. The van der Waals surface area contributed by atoms with E-state index >= 15 is 0 Å². The minimum atomic E-state index is -1.41. The first kappa shape index (κ1) is 24.5. The zero-order valence-electron chi connectivity index (χ0n) is 20.5. The molecule has 3 N–H and O–H groups in total. The van der Waals surface area contributed by atoms with Crippen LogP contribution in [0.5, 0.6) is 0 Å². The summed E-state index contributed by atoms with van der Waals surface area (Å²) >= 11 is 0. The van der Waals surface area contributed by atoms with Gasteiger partial charge in [0.05, 0.1) is 16.7 Å². The normalized spacial score (nSPS) is 14.6. The molecular weight excluding hydrogens is 468 g/mol. The van der Waals surface area contributed by atoms with E-state index in [4.69, 9.17) is 4.52 Å². The van der Waals surface area contributed by atoms with Crippen LogP contribution >= 0.6 is 0 Å². The number of carbonyl (C=O) groups is 2. The Kier molecular flexibility index (Phi) is 6.63. The van der Waals surface area contributed by atoms with E-state index in [0.717, 1.165) is 22.3 Å². The second kappa shape index (κ2) is 10.0. The molecule has 1 saturated carbocycles. The lowest BCUT2D eigenvalue weighted by atomic mass is 9.93. The van der Waals surface area contributed by atoms with Gasteiger partial charge in [0.1, 0.15) is 0 Å². The Morgan fingerprint density at radius 3 is 2.14 bits per heavy atom. The molecule has 1 atom stereocenters. The van der Waals surface area contributed by atoms with Gasteiger partial charge in [0.25, 0.3) is 5.91 Å². The average Bonchev–Trinajstić information content (AvgIpc) is 3.66. The van der Waals surface area contributed by atoms with Crippen molar-refractivity contribution < 1.29 is 24.3 Å². The van der Waals surface area contributed by atoms with E-state index in [1.165, 1.54) is 0 Å². The van der Waals surface area contributed by atoms with Crippen molar-refractivity contribution >= 4 is 11.9 Å². The van der Waals surface area contributed by atoms with Crippen molar-refractivity contribution in [2.24, 2.45) is 0 Å². The number of aliphatic hydroxyl groups excluding tert-OH is 1. The summed E-state index contributed by atoms with van der Waals surface area (Å²) in [6.45, 7) is 2.10. The van der Waals surface area contributed by atoms with E-state index in [0.29, 0.717) is 48.4 Å². The third-order valence-electron chi connectivity index (χ3n) is 7.06. The lowest BCUT2D eigenvalue weighted by molar-refractivity contribution is -0.140. The number of hydrogen-bond acceptors (Lipinski definition) is 5.